The lowest BCUT2D eigenvalue weighted by atomic mass is 10.1. The molecule has 2 heterocycles. The summed E-state index contributed by atoms with van der Waals surface area (Å²) < 4.78 is 0. The molecule has 0 radical (unpaired) electrons. The molecule has 156 valence electrons. The molecule has 0 bridgehead atoms. The van der Waals surface area contributed by atoms with Crippen molar-refractivity contribution in [3.8, 4) is 0 Å². The molecule has 1 aliphatic rings. The van der Waals surface area contributed by atoms with Crippen LogP contribution in [0.2, 0.25) is 0 Å². The fourth-order valence-electron chi connectivity index (χ4n) is 3.30. The van der Waals surface area contributed by atoms with Gasteiger partial charge in [0.15, 0.2) is 0 Å². The van der Waals surface area contributed by atoms with Gasteiger partial charge in [-0.15, -0.1) is 37.2 Å². The van der Waals surface area contributed by atoms with Gasteiger partial charge >= 0.3 is 0 Å². The number of fused-ring (bicyclic) bond motifs is 1. The third kappa shape index (κ3) is 7.57. The van der Waals surface area contributed by atoms with E-state index in [1.54, 1.807) is 13.1 Å². The van der Waals surface area contributed by atoms with Crippen LogP contribution in [0.5, 0.6) is 0 Å². The molecule has 1 N–H and O–H groups in total. The molecule has 5 nitrogen and oxygen atoms in total. The molecule has 1 aromatic carbocycles. The number of halogens is 3. The number of nitrogens with zero attached hydrogens (tertiary/aromatic N) is 3. The number of carbonyl (C=O) groups is 1. The molecule has 0 atom stereocenters. The van der Waals surface area contributed by atoms with Crippen molar-refractivity contribution in [3.05, 3.63) is 59.9 Å². The predicted molar refractivity (Wildman–Crippen MR) is 122 cm³/mol. The maximum absolute atomic E-state index is 12.2. The summed E-state index contributed by atoms with van der Waals surface area (Å²) in [6.45, 7) is 6.94. The van der Waals surface area contributed by atoms with Crippen LogP contribution in [0.15, 0.2) is 48.8 Å². The highest BCUT2D eigenvalue weighted by atomic mass is 35.5. The van der Waals surface area contributed by atoms with Crippen LogP contribution in [-0.2, 0) is 17.9 Å². The Balaban J connectivity index is 0.00000243. The van der Waals surface area contributed by atoms with E-state index in [2.05, 4.69) is 27.3 Å². The summed E-state index contributed by atoms with van der Waals surface area (Å²) >= 11 is 0. The zero-order valence-electron chi connectivity index (χ0n) is 16.0. The van der Waals surface area contributed by atoms with Crippen LogP contribution in [0.1, 0.15) is 24.5 Å². The summed E-state index contributed by atoms with van der Waals surface area (Å²) in [7, 11) is 0. The minimum absolute atomic E-state index is 0. The van der Waals surface area contributed by atoms with Crippen molar-refractivity contribution in [1.29, 1.82) is 0 Å². The molecular formula is C20H29Cl3N4O. The monoisotopic (exact) mass is 446 g/mol. The number of benzene rings is 1. The first kappa shape index (κ1) is 26.6. The predicted octanol–water partition coefficient (Wildman–Crippen LogP) is 3.70. The molecule has 1 aromatic heterocycles. The summed E-state index contributed by atoms with van der Waals surface area (Å²) in [5, 5.41) is 3.52. The Morgan fingerprint density at radius 2 is 1.86 bits per heavy atom. The molecule has 3 rings (SSSR count). The number of amides is 1. The van der Waals surface area contributed by atoms with Gasteiger partial charge in [-0.25, -0.2) is 0 Å². The van der Waals surface area contributed by atoms with Gasteiger partial charge in [0.05, 0.1) is 0 Å². The highest BCUT2D eigenvalue weighted by Crippen LogP contribution is 2.21. The number of para-hydroxylation sites is 1. The maximum Gasteiger partial charge on any atom is 0.223 e. The number of aromatic nitrogens is 1. The normalized spacial score (nSPS) is 15.0. The van der Waals surface area contributed by atoms with Crippen molar-refractivity contribution in [2.75, 3.05) is 31.1 Å². The molecule has 0 saturated carbocycles. The van der Waals surface area contributed by atoms with Gasteiger partial charge in [-0.2, -0.15) is 0 Å². The van der Waals surface area contributed by atoms with E-state index in [1.165, 1.54) is 11.1 Å². The van der Waals surface area contributed by atoms with Crippen LogP contribution in [0.4, 0.5) is 5.69 Å². The molecular weight excluding hydrogens is 419 g/mol. The van der Waals surface area contributed by atoms with E-state index < -0.39 is 0 Å². The highest BCUT2D eigenvalue weighted by Gasteiger charge is 2.16. The van der Waals surface area contributed by atoms with Crippen LogP contribution >= 0.6 is 37.2 Å². The van der Waals surface area contributed by atoms with Crippen molar-refractivity contribution >= 4 is 48.8 Å². The largest absolute Gasteiger partial charge is 0.312 e. The van der Waals surface area contributed by atoms with Crippen LogP contribution in [0.25, 0.3) is 0 Å². The lowest BCUT2D eigenvalue weighted by molar-refractivity contribution is -0.116. The van der Waals surface area contributed by atoms with E-state index in [0.717, 1.165) is 51.4 Å². The fourth-order valence-corrected chi connectivity index (χ4v) is 3.30. The van der Waals surface area contributed by atoms with Gasteiger partial charge in [0.1, 0.15) is 0 Å². The van der Waals surface area contributed by atoms with Gasteiger partial charge in [-0.3, -0.25) is 14.7 Å². The van der Waals surface area contributed by atoms with Crippen LogP contribution in [0.3, 0.4) is 0 Å². The molecule has 0 unspecified atom stereocenters. The van der Waals surface area contributed by atoms with Gasteiger partial charge in [-0.1, -0.05) is 24.3 Å². The summed E-state index contributed by atoms with van der Waals surface area (Å²) in [5.74, 6) is 0.102. The molecule has 0 aliphatic carbocycles. The standard InChI is InChI=1S/C20H26N4O.3ClH/c1-17(25)24-12-5-11-23(16-18-6-4-9-21-14-18)13-10-22-15-19-7-2-3-8-20(19)24;;;/h2-4,6-9,14,22H,5,10-13,15-16H2,1H3;3*1H. The molecule has 1 amide bonds. The minimum Gasteiger partial charge on any atom is -0.312 e. The molecule has 0 fully saturated rings. The third-order valence-electron chi connectivity index (χ3n) is 4.57. The van der Waals surface area contributed by atoms with Crippen LogP contribution < -0.4 is 10.2 Å². The second-order valence-corrected chi connectivity index (χ2v) is 6.47. The lowest BCUT2D eigenvalue weighted by Gasteiger charge is -2.25. The van der Waals surface area contributed by atoms with Crippen molar-refractivity contribution < 1.29 is 4.79 Å². The molecule has 0 saturated heterocycles. The van der Waals surface area contributed by atoms with E-state index in [0.29, 0.717) is 0 Å². The number of nitrogens with one attached hydrogen (secondary N) is 1. The number of hydrogen-bond donors (Lipinski definition) is 1. The van der Waals surface area contributed by atoms with Crippen molar-refractivity contribution in [2.24, 2.45) is 0 Å². The number of carbonyl (C=O) groups excluding carboxylic acids is 1. The Labute approximate surface area is 186 Å². The third-order valence-corrected chi connectivity index (χ3v) is 4.57. The molecule has 0 spiro atoms. The van der Waals surface area contributed by atoms with Gasteiger partial charge in [0.25, 0.3) is 0 Å². The van der Waals surface area contributed by atoms with Crippen molar-refractivity contribution in [1.82, 2.24) is 15.2 Å². The number of pyridine rings is 1. The molecule has 2 aromatic rings. The quantitative estimate of drug-likeness (QED) is 0.762. The first-order valence-corrected chi connectivity index (χ1v) is 8.92. The van der Waals surface area contributed by atoms with Crippen LogP contribution in [0, 0.1) is 0 Å². The average molecular weight is 448 g/mol. The first-order chi connectivity index (χ1) is 12.2. The second-order valence-electron chi connectivity index (χ2n) is 6.47. The van der Waals surface area contributed by atoms with E-state index in [1.807, 2.05) is 35.4 Å². The Morgan fingerprint density at radius 3 is 2.57 bits per heavy atom. The SMILES string of the molecule is CC(=O)N1CCCN(Cc2cccnc2)CCNCc2ccccc21.Cl.Cl.Cl. The average Bonchev–Trinajstić information content (AvgIpc) is 2.66. The Morgan fingerprint density at radius 1 is 1.07 bits per heavy atom. The zero-order chi connectivity index (χ0) is 17.5. The number of rotatable bonds is 2. The molecule has 8 heteroatoms. The smallest absolute Gasteiger partial charge is 0.223 e. The minimum atomic E-state index is 0. The van der Waals surface area contributed by atoms with Gasteiger partial charge < -0.3 is 10.2 Å². The summed E-state index contributed by atoms with van der Waals surface area (Å²) in [4.78, 5) is 20.7. The van der Waals surface area contributed by atoms with E-state index >= 15 is 0 Å². The van der Waals surface area contributed by atoms with Gasteiger partial charge in [0, 0.05) is 64.3 Å². The Hall–Kier alpha value is -1.37. The summed E-state index contributed by atoms with van der Waals surface area (Å²) in [5.41, 5.74) is 3.44. The van der Waals surface area contributed by atoms with E-state index in [-0.39, 0.29) is 43.1 Å². The lowest BCUT2D eigenvalue weighted by Crippen LogP contribution is -2.34. The number of hydrogen-bond acceptors (Lipinski definition) is 4. The maximum atomic E-state index is 12.2. The van der Waals surface area contributed by atoms with E-state index in [4.69, 9.17) is 0 Å². The van der Waals surface area contributed by atoms with Gasteiger partial charge in [-0.05, 0) is 29.7 Å². The second kappa shape index (κ2) is 13.7. The topological polar surface area (TPSA) is 48.5 Å². The highest BCUT2D eigenvalue weighted by molar-refractivity contribution is 5.92. The van der Waals surface area contributed by atoms with Crippen LogP contribution in [-0.4, -0.2) is 42.0 Å². The van der Waals surface area contributed by atoms with Crippen molar-refractivity contribution in [2.45, 2.75) is 26.4 Å². The van der Waals surface area contributed by atoms with Crippen molar-refractivity contribution in [3.63, 3.8) is 0 Å². The fraction of sp³-hybridized carbons (Fsp3) is 0.400. The molecule has 28 heavy (non-hydrogen) atoms. The molecule has 1 aliphatic heterocycles. The van der Waals surface area contributed by atoms with Gasteiger partial charge in [0.2, 0.25) is 5.91 Å². The summed E-state index contributed by atoms with van der Waals surface area (Å²) in [6.07, 6.45) is 4.68. The summed E-state index contributed by atoms with van der Waals surface area (Å²) in [6, 6.07) is 12.3. The first-order valence-electron chi connectivity index (χ1n) is 8.92. The number of anilines is 1. The van der Waals surface area contributed by atoms with E-state index in [9.17, 15) is 4.79 Å². The Bertz CT molecular complexity index is 703. The Kier molecular flexibility index (Phi) is 13.1. The zero-order valence-corrected chi connectivity index (χ0v) is 18.5.